The largest absolute Gasteiger partial charge is 0.477 e. The molecule has 0 saturated carbocycles. The van der Waals surface area contributed by atoms with Crippen LogP contribution in [0, 0.1) is 0 Å². The predicted molar refractivity (Wildman–Crippen MR) is 117 cm³/mol. The van der Waals surface area contributed by atoms with Crippen molar-refractivity contribution in [3.63, 3.8) is 0 Å². The number of hydrogen-bond acceptors (Lipinski definition) is 9. The molecule has 31 heavy (non-hydrogen) atoms. The quantitative estimate of drug-likeness (QED) is 0.217. The van der Waals surface area contributed by atoms with Crippen molar-refractivity contribution in [3.8, 4) is 0 Å². The van der Waals surface area contributed by atoms with Crippen LogP contribution in [-0.2, 0) is 20.8 Å². The number of amides is 2. The SMILES string of the molecule is Nn1ccc(SCC2=C(C(=O)O)N3C(=O)[C@@H](NC(=O)Cc4cccs4)[C@H]3SC2)nc1=O. The third kappa shape index (κ3) is 4.34. The summed E-state index contributed by atoms with van der Waals surface area (Å²) in [5.41, 5.74) is -0.138. The molecule has 0 aromatic carbocycles. The van der Waals surface area contributed by atoms with Gasteiger partial charge in [-0.1, -0.05) is 6.07 Å². The van der Waals surface area contributed by atoms with E-state index in [0.717, 1.165) is 9.55 Å². The van der Waals surface area contributed by atoms with Crippen LogP contribution in [0.15, 0.2) is 50.9 Å². The molecule has 2 atom stereocenters. The standard InChI is InChI=1S/C18H17N5O5S3/c19-22-4-3-12(21-18(22)28)30-7-9-8-31-16-13(15(25)23(16)14(9)17(26)27)20-11(24)6-10-2-1-5-29-10/h1-5,13,16H,6-8,19H2,(H,20,24)(H,26,27)/t13-,16-/m1/s1. The fourth-order valence-corrected chi connectivity index (χ4v) is 6.27. The lowest BCUT2D eigenvalue weighted by Gasteiger charge is -2.49. The molecule has 1 saturated heterocycles. The van der Waals surface area contributed by atoms with Crippen molar-refractivity contribution in [2.45, 2.75) is 22.9 Å². The highest BCUT2D eigenvalue weighted by Gasteiger charge is 2.54. The molecule has 10 nitrogen and oxygen atoms in total. The van der Waals surface area contributed by atoms with Gasteiger partial charge in [-0.3, -0.25) is 14.5 Å². The Labute approximate surface area is 188 Å². The molecule has 2 aromatic rings. The monoisotopic (exact) mass is 479 g/mol. The zero-order chi connectivity index (χ0) is 22.1. The van der Waals surface area contributed by atoms with E-state index in [0.29, 0.717) is 16.4 Å². The molecule has 2 amide bonds. The van der Waals surface area contributed by atoms with Crippen LogP contribution < -0.4 is 16.8 Å². The summed E-state index contributed by atoms with van der Waals surface area (Å²) in [6.45, 7) is 0. The summed E-state index contributed by atoms with van der Waals surface area (Å²) in [4.78, 5) is 54.3. The number of rotatable bonds is 7. The molecule has 162 valence electrons. The number of aliphatic carboxylic acids is 1. The molecular formula is C18H17N5O5S3. The van der Waals surface area contributed by atoms with Gasteiger partial charge in [0.15, 0.2) is 0 Å². The van der Waals surface area contributed by atoms with Crippen molar-refractivity contribution in [2.75, 3.05) is 17.3 Å². The summed E-state index contributed by atoms with van der Waals surface area (Å²) in [5, 5.41) is 14.3. The van der Waals surface area contributed by atoms with Gasteiger partial charge in [-0.15, -0.1) is 34.9 Å². The number of thioether (sulfide) groups is 2. The van der Waals surface area contributed by atoms with Crippen LogP contribution in [0.5, 0.6) is 0 Å². The highest BCUT2D eigenvalue weighted by Crippen LogP contribution is 2.41. The zero-order valence-corrected chi connectivity index (χ0v) is 18.3. The predicted octanol–water partition coefficient (Wildman–Crippen LogP) is 0.0920. The second-order valence-electron chi connectivity index (χ2n) is 6.71. The Kier molecular flexibility index (Phi) is 6.07. The summed E-state index contributed by atoms with van der Waals surface area (Å²) in [6.07, 6.45) is 1.55. The Morgan fingerprint density at radius 3 is 2.84 bits per heavy atom. The van der Waals surface area contributed by atoms with Gasteiger partial charge in [-0.25, -0.2) is 14.3 Å². The van der Waals surface area contributed by atoms with Gasteiger partial charge >= 0.3 is 11.7 Å². The average molecular weight is 480 g/mol. The number of fused-ring (bicyclic) bond motifs is 1. The number of carboxylic acids is 1. The topological polar surface area (TPSA) is 148 Å². The fourth-order valence-electron chi connectivity index (χ4n) is 3.23. The van der Waals surface area contributed by atoms with Crippen molar-refractivity contribution >= 4 is 52.6 Å². The molecule has 4 rings (SSSR count). The van der Waals surface area contributed by atoms with Crippen molar-refractivity contribution < 1.29 is 19.5 Å². The molecule has 0 radical (unpaired) electrons. The molecule has 13 heteroatoms. The highest BCUT2D eigenvalue weighted by atomic mass is 32.2. The Balaban J connectivity index is 1.45. The van der Waals surface area contributed by atoms with E-state index in [1.807, 2.05) is 17.5 Å². The van der Waals surface area contributed by atoms with E-state index >= 15 is 0 Å². The number of nitrogens with zero attached hydrogens (tertiary/aromatic N) is 3. The van der Waals surface area contributed by atoms with Gasteiger partial charge in [0.2, 0.25) is 5.91 Å². The number of carbonyl (C=O) groups is 3. The maximum atomic E-state index is 12.7. The molecule has 0 spiro atoms. The van der Waals surface area contributed by atoms with Crippen molar-refractivity contribution in [1.29, 1.82) is 0 Å². The third-order valence-corrected chi connectivity index (χ3v) is 7.91. The Hall–Kier alpha value is -2.77. The molecule has 1 fully saturated rings. The van der Waals surface area contributed by atoms with Crippen LogP contribution in [0.2, 0.25) is 0 Å². The number of carbonyl (C=O) groups excluding carboxylic acids is 2. The molecule has 4 N–H and O–H groups in total. The van der Waals surface area contributed by atoms with Gasteiger partial charge in [-0.05, 0) is 23.1 Å². The van der Waals surface area contributed by atoms with Crippen LogP contribution in [0.1, 0.15) is 4.88 Å². The molecular weight excluding hydrogens is 462 g/mol. The smallest absolute Gasteiger partial charge is 0.366 e. The molecule has 2 aliphatic rings. The Bertz CT molecular complexity index is 1130. The minimum absolute atomic E-state index is 0.0721. The minimum atomic E-state index is -1.21. The van der Waals surface area contributed by atoms with E-state index in [9.17, 15) is 24.3 Å². The van der Waals surface area contributed by atoms with Crippen molar-refractivity contribution in [1.82, 2.24) is 19.9 Å². The number of hydrogen-bond donors (Lipinski definition) is 3. The maximum absolute atomic E-state index is 12.7. The molecule has 0 bridgehead atoms. The van der Waals surface area contributed by atoms with Gasteiger partial charge in [-0.2, -0.15) is 4.98 Å². The lowest BCUT2D eigenvalue weighted by atomic mass is 10.0. The first-order valence-corrected chi connectivity index (χ1v) is 12.0. The second-order valence-corrected chi connectivity index (χ2v) is 9.85. The van der Waals surface area contributed by atoms with E-state index in [1.165, 1.54) is 46.0 Å². The number of nitrogen functional groups attached to an aromatic ring is 1. The van der Waals surface area contributed by atoms with Crippen LogP contribution in [-0.4, -0.2) is 60.4 Å². The van der Waals surface area contributed by atoms with Crippen LogP contribution in [0.4, 0.5) is 0 Å². The minimum Gasteiger partial charge on any atom is -0.477 e. The van der Waals surface area contributed by atoms with Crippen LogP contribution in [0.25, 0.3) is 0 Å². The van der Waals surface area contributed by atoms with E-state index in [1.54, 1.807) is 6.07 Å². The lowest BCUT2D eigenvalue weighted by molar-refractivity contribution is -0.150. The molecule has 2 aliphatic heterocycles. The first kappa shape index (κ1) is 21.5. The number of carboxylic acid groups (broad SMARTS) is 1. The molecule has 2 aromatic heterocycles. The first-order chi connectivity index (χ1) is 14.8. The summed E-state index contributed by atoms with van der Waals surface area (Å²) in [7, 11) is 0. The van der Waals surface area contributed by atoms with Gasteiger partial charge in [0.05, 0.1) is 6.42 Å². The van der Waals surface area contributed by atoms with E-state index < -0.39 is 29.0 Å². The average Bonchev–Trinajstić information content (AvgIpc) is 3.24. The molecule has 4 heterocycles. The fraction of sp³-hybridized carbons (Fsp3) is 0.278. The number of nitrogens with two attached hydrogens (primary N) is 1. The molecule has 0 aliphatic carbocycles. The number of β-lactam (4-membered cyclic amide) rings is 1. The lowest BCUT2D eigenvalue weighted by Crippen LogP contribution is -2.70. The van der Waals surface area contributed by atoms with Crippen molar-refractivity contribution in [3.05, 3.63) is 56.4 Å². The van der Waals surface area contributed by atoms with Gasteiger partial charge in [0, 0.05) is 22.6 Å². The number of nitrogens with one attached hydrogen (secondary N) is 1. The molecule has 0 unspecified atom stereocenters. The van der Waals surface area contributed by atoms with E-state index in [2.05, 4.69) is 10.3 Å². The van der Waals surface area contributed by atoms with Gasteiger partial charge < -0.3 is 16.3 Å². The highest BCUT2D eigenvalue weighted by molar-refractivity contribution is 8.01. The summed E-state index contributed by atoms with van der Waals surface area (Å²) in [5.74, 6) is 4.11. The number of aromatic nitrogens is 2. The van der Waals surface area contributed by atoms with E-state index in [4.69, 9.17) is 5.84 Å². The van der Waals surface area contributed by atoms with Gasteiger partial charge in [0.25, 0.3) is 5.91 Å². The second kappa shape index (κ2) is 8.77. The summed E-state index contributed by atoms with van der Waals surface area (Å²) >= 11 is 4.04. The maximum Gasteiger partial charge on any atom is 0.366 e. The third-order valence-electron chi connectivity index (χ3n) is 4.68. The van der Waals surface area contributed by atoms with Crippen molar-refractivity contribution in [2.24, 2.45) is 0 Å². The summed E-state index contributed by atoms with van der Waals surface area (Å²) < 4.78 is 0.846. The normalized spacial score (nSPS) is 20.3. The number of thiophene rings is 1. The first-order valence-electron chi connectivity index (χ1n) is 9.04. The summed E-state index contributed by atoms with van der Waals surface area (Å²) in [6, 6.07) is 4.49. The van der Waals surface area contributed by atoms with Gasteiger partial charge in [0.1, 0.15) is 22.1 Å². The van der Waals surface area contributed by atoms with Crippen LogP contribution in [0.3, 0.4) is 0 Å². The van der Waals surface area contributed by atoms with Crippen LogP contribution >= 0.6 is 34.9 Å². The Morgan fingerprint density at radius 1 is 1.35 bits per heavy atom. The zero-order valence-electron chi connectivity index (χ0n) is 15.9. The Morgan fingerprint density at radius 2 is 2.16 bits per heavy atom. The van der Waals surface area contributed by atoms with E-state index in [-0.39, 0.29) is 23.8 Å².